The number of aliphatic hydroxyl groups is 1. The van der Waals surface area contributed by atoms with E-state index in [4.69, 9.17) is 4.74 Å². The van der Waals surface area contributed by atoms with Crippen molar-refractivity contribution in [2.45, 2.75) is 62.4 Å². The molecule has 3 unspecified atom stereocenters. The zero-order valence-corrected chi connectivity index (χ0v) is 10.4. The summed E-state index contributed by atoms with van der Waals surface area (Å²) in [4.78, 5) is 0. The molecule has 0 spiro atoms. The zero-order valence-electron chi connectivity index (χ0n) is 9.58. The monoisotopic (exact) mass is 230 g/mol. The molecule has 2 heterocycles. The first-order chi connectivity index (χ1) is 7.21. The van der Waals surface area contributed by atoms with Gasteiger partial charge in [0.15, 0.2) is 0 Å². The van der Waals surface area contributed by atoms with E-state index in [1.165, 1.54) is 12.8 Å². The van der Waals surface area contributed by atoms with Crippen LogP contribution >= 0.6 is 11.8 Å². The Balaban J connectivity index is 1.68. The van der Waals surface area contributed by atoms with Crippen molar-refractivity contribution < 1.29 is 9.84 Å². The summed E-state index contributed by atoms with van der Waals surface area (Å²) in [5.41, 5.74) is -0.386. The Morgan fingerprint density at radius 3 is 3.00 bits per heavy atom. The second-order valence-electron chi connectivity index (χ2n) is 4.89. The van der Waals surface area contributed by atoms with E-state index in [-0.39, 0.29) is 5.60 Å². The average molecular weight is 230 g/mol. The van der Waals surface area contributed by atoms with Crippen LogP contribution in [0.25, 0.3) is 0 Å². The molecule has 0 amide bonds. The van der Waals surface area contributed by atoms with E-state index in [0.29, 0.717) is 11.4 Å². The van der Waals surface area contributed by atoms with Crippen molar-refractivity contribution in [3.05, 3.63) is 0 Å². The molecule has 2 nitrogen and oxygen atoms in total. The minimum absolute atomic E-state index is 0.386. The topological polar surface area (TPSA) is 29.5 Å². The fraction of sp³-hybridized carbons (Fsp3) is 1.00. The van der Waals surface area contributed by atoms with Crippen LogP contribution in [0, 0.1) is 0 Å². The largest absolute Gasteiger partial charge is 0.389 e. The van der Waals surface area contributed by atoms with Gasteiger partial charge in [-0.1, -0.05) is 6.92 Å². The molecular weight excluding hydrogens is 208 g/mol. The van der Waals surface area contributed by atoms with Crippen LogP contribution in [0.4, 0.5) is 0 Å². The highest BCUT2D eigenvalue weighted by Crippen LogP contribution is 2.39. The standard InChI is InChI=1S/C12H22O2S/c1-10-12(13,7-9-15-10)6-2-4-11-5-3-8-14-11/h10-11,13H,2-9H2,1H3. The Labute approximate surface area is 96.8 Å². The maximum atomic E-state index is 10.4. The first-order valence-electron chi connectivity index (χ1n) is 6.16. The summed E-state index contributed by atoms with van der Waals surface area (Å²) >= 11 is 1.91. The fourth-order valence-corrected chi connectivity index (χ4v) is 3.98. The minimum atomic E-state index is -0.386. The third-order valence-electron chi connectivity index (χ3n) is 3.82. The Morgan fingerprint density at radius 1 is 1.53 bits per heavy atom. The maximum Gasteiger partial charge on any atom is 0.0771 e. The van der Waals surface area contributed by atoms with Crippen LogP contribution in [0.15, 0.2) is 0 Å². The smallest absolute Gasteiger partial charge is 0.0771 e. The molecule has 0 aromatic rings. The van der Waals surface area contributed by atoms with E-state index >= 15 is 0 Å². The molecule has 1 N–H and O–H groups in total. The summed E-state index contributed by atoms with van der Waals surface area (Å²) in [5, 5.41) is 10.8. The van der Waals surface area contributed by atoms with Gasteiger partial charge in [0.1, 0.15) is 0 Å². The molecule has 2 aliphatic rings. The highest BCUT2D eigenvalue weighted by Gasteiger charge is 2.38. The summed E-state index contributed by atoms with van der Waals surface area (Å²) in [7, 11) is 0. The maximum absolute atomic E-state index is 10.4. The van der Waals surface area contributed by atoms with Crippen molar-refractivity contribution >= 4 is 11.8 Å². The summed E-state index contributed by atoms with van der Waals surface area (Å²) in [5.74, 6) is 1.12. The van der Waals surface area contributed by atoms with Gasteiger partial charge in [0, 0.05) is 11.9 Å². The van der Waals surface area contributed by atoms with Crippen molar-refractivity contribution in [3.63, 3.8) is 0 Å². The summed E-state index contributed by atoms with van der Waals surface area (Å²) < 4.78 is 5.59. The molecule has 0 aromatic heterocycles. The molecule has 3 heteroatoms. The molecule has 0 saturated carbocycles. The zero-order chi connectivity index (χ0) is 10.7. The van der Waals surface area contributed by atoms with E-state index in [1.807, 2.05) is 11.8 Å². The van der Waals surface area contributed by atoms with Crippen molar-refractivity contribution in [2.24, 2.45) is 0 Å². The van der Waals surface area contributed by atoms with Gasteiger partial charge in [0.25, 0.3) is 0 Å². The highest BCUT2D eigenvalue weighted by atomic mass is 32.2. The van der Waals surface area contributed by atoms with Gasteiger partial charge in [-0.25, -0.2) is 0 Å². The molecule has 0 aromatic carbocycles. The molecule has 15 heavy (non-hydrogen) atoms. The van der Waals surface area contributed by atoms with E-state index in [0.717, 1.165) is 38.0 Å². The molecule has 3 atom stereocenters. The molecular formula is C12H22O2S. The van der Waals surface area contributed by atoms with Crippen LogP contribution in [-0.2, 0) is 4.74 Å². The lowest BCUT2D eigenvalue weighted by Gasteiger charge is -2.27. The van der Waals surface area contributed by atoms with Gasteiger partial charge in [-0.2, -0.15) is 11.8 Å². The normalized spacial score (nSPS) is 41.2. The molecule has 2 saturated heterocycles. The van der Waals surface area contributed by atoms with Crippen molar-refractivity contribution in [1.29, 1.82) is 0 Å². The Morgan fingerprint density at radius 2 is 2.40 bits per heavy atom. The lowest BCUT2D eigenvalue weighted by atomic mass is 9.90. The molecule has 2 aliphatic heterocycles. The second kappa shape index (κ2) is 5.07. The molecule has 2 rings (SSSR count). The molecule has 0 radical (unpaired) electrons. The molecule has 0 bridgehead atoms. The molecule has 2 fully saturated rings. The predicted molar refractivity (Wildman–Crippen MR) is 64.3 cm³/mol. The lowest BCUT2D eigenvalue weighted by Crippen LogP contribution is -2.34. The average Bonchev–Trinajstić information content (AvgIpc) is 2.79. The van der Waals surface area contributed by atoms with Crippen molar-refractivity contribution in [3.8, 4) is 0 Å². The second-order valence-corrected chi connectivity index (χ2v) is 6.34. The Bertz CT molecular complexity index is 204. The van der Waals surface area contributed by atoms with Gasteiger partial charge in [0.2, 0.25) is 0 Å². The number of hydrogen-bond donors (Lipinski definition) is 1. The van der Waals surface area contributed by atoms with Crippen molar-refractivity contribution in [1.82, 2.24) is 0 Å². The van der Waals surface area contributed by atoms with E-state index in [2.05, 4.69) is 6.92 Å². The van der Waals surface area contributed by atoms with Gasteiger partial charge in [-0.3, -0.25) is 0 Å². The number of thioether (sulfide) groups is 1. The van der Waals surface area contributed by atoms with Gasteiger partial charge >= 0.3 is 0 Å². The first-order valence-corrected chi connectivity index (χ1v) is 7.21. The van der Waals surface area contributed by atoms with E-state index < -0.39 is 0 Å². The van der Waals surface area contributed by atoms with E-state index in [9.17, 15) is 5.11 Å². The van der Waals surface area contributed by atoms with Crippen LogP contribution in [-0.4, -0.2) is 34.4 Å². The quantitative estimate of drug-likeness (QED) is 0.805. The first kappa shape index (κ1) is 11.7. The Hall–Kier alpha value is 0.270. The van der Waals surface area contributed by atoms with Crippen LogP contribution in [0.5, 0.6) is 0 Å². The number of ether oxygens (including phenoxy) is 1. The van der Waals surface area contributed by atoms with Crippen LogP contribution < -0.4 is 0 Å². The SMILES string of the molecule is CC1SCCC1(O)CCCC1CCCO1. The molecule has 0 aliphatic carbocycles. The summed E-state index contributed by atoms with van der Waals surface area (Å²) in [6.07, 6.45) is 7.12. The van der Waals surface area contributed by atoms with Gasteiger partial charge in [-0.05, 0) is 44.3 Å². The van der Waals surface area contributed by atoms with Gasteiger partial charge in [0.05, 0.1) is 11.7 Å². The van der Waals surface area contributed by atoms with Crippen molar-refractivity contribution in [2.75, 3.05) is 12.4 Å². The highest BCUT2D eigenvalue weighted by molar-refractivity contribution is 8.00. The summed E-state index contributed by atoms with van der Waals surface area (Å²) in [6, 6.07) is 0. The molecule has 88 valence electrons. The minimum Gasteiger partial charge on any atom is -0.389 e. The fourth-order valence-electron chi connectivity index (χ4n) is 2.61. The predicted octanol–water partition coefficient (Wildman–Crippen LogP) is 2.59. The van der Waals surface area contributed by atoms with E-state index in [1.54, 1.807) is 0 Å². The third-order valence-corrected chi connectivity index (χ3v) is 5.20. The third kappa shape index (κ3) is 2.89. The number of hydrogen-bond acceptors (Lipinski definition) is 3. The van der Waals surface area contributed by atoms with Crippen LogP contribution in [0.2, 0.25) is 0 Å². The number of rotatable bonds is 4. The Kier molecular flexibility index (Phi) is 3.97. The van der Waals surface area contributed by atoms with Gasteiger partial charge < -0.3 is 9.84 Å². The van der Waals surface area contributed by atoms with Gasteiger partial charge in [-0.15, -0.1) is 0 Å². The lowest BCUT2D eigenvalue weighted by molar-refractivity contribution is 0.0283. The van der Waals surface area contributed by atoms with Crippen LogP contribution in [0.3, 0.4) is 0 Å². The van der Waals surface area contributed by atoms with Crippen LogP contribution in [0.1, 0.15) is 45.4 Å². The summed E-state index contributed by atoms with van der Waals surface area (Å²) in [6.45, 7) is 3.10.